The van der Waals surface area contributed by atoms with Gasteiger partial charge in [-0.1, -0.05) is 55.9 Å². The molecule has 2 aromatic rings. The van der Waals surface area contributed by atoms with Crippen LogP contribution < -0.4 is 10.9 Å². The fraction of sp³-hybridized carbons (Fsp3) is 0.476. The first-order valence-electron chi connectivity index (χ1n) is 9.57. The molecule has 1 amide bonds. The zero-order valence-electron chi connectivity index (χ0n) is 17.0. The molecule has 1 N–H and O–H groups in total. The van der Waals surface area contributed by atoms with Crippen molar-refractivity contribution in [2.45, 2.75) is 50.1 Å². The molecular weight excluding hydrogens is 374 g/mol. The molecule has 0 aliphatic heterocycles. The SMILES string of the molecule is CCCNC(=O)C(CC)Sc1nc(COC)c(Cc2ccccc2)c(=O)n1C. The predicted octanol–water partition coefficient (Wildman–Crippen LogP) is 2.91. The van der Waals surface area contributed by atoms with Crippen LogP contribution in [0.2, 0.25) is 0 Å². The molecule has 1 aromatic heterocycles. The fourth-order valence-electron chi connectivity index (χ4n) is 2.82. The van der Waals surface area contributed by atoms with E-state index in [9.17, 15) is 9.59 Å². The number of hydrogen-bond donors (Lipinski definition) is 1. The van der Waals surface area contributed by atoms with Gasteiger partial charge in [-0.05, 0) is 18.4 Å². The number of nitrogens with zero attached hydrogens (tertiary/aromatic N) is 2. The van der Waals surface area contributed by atoms with Crippen molar-refractivity contribution in [3.05, 3.63) is 57.5 Å². The molecule has 0 aliphatic rings. The van der Waals surface area contributed by atoms with Gasteiger partial charge in [-0.25, -0.2) is 4.98 Å². The Hall–Kier alpha value is -2.12. The van der Waals surface area contributed by atoms with E-state index < -0.39 is 0 Å². The van der Waals surface area contributed by atoms with Crippen molar-refractivity contribution in [1.29, 1.82) is 0 Å². The van der Waals surface area contributed by atoms with Crippen LogP contribution in [0.3, 0.4) is 0 Å². The molecule has 6 nitrogen and oxygen atoms in total. The average molecular weight is 404 g/mol. The molecule has 0 aliphatic carbocycles. The Balaban J connectivity index is 2.36. The van der Waals surface area contributed by atoms with Crippen molar-refractivity contribution in [3.63, 3.8) is 0 Å². The summed E-state index contributed by atoms with van der Waals surface area (Å²) in [5.74, 6) is -0.0229. The van der Waals surface area contributed by atoms with Crippen molar-refractivity contribution in [2.24, 2.45) is 7.05 Å². The van der Waals surface area contributed by atoms with Gasteiger partial charge in [-0.2, -0.15) is 0 Å². The Bertz CT molecular complexity index is 837. The lowest BCUT2D eigenvalue weighted by Gasteiger charge is -2.18. The molecule has 0 spiro atoms. The van der Waals surface area contributed by atoms with Gasteiger partial charge in [0.2, 0.25) is 5.91 Å². The third kappa shape index (κ3) is 5.69. The predicted molar refractivity (Wildman–Crippen MR) is 113 cm³/mol. The molecule has 0 saturated heterocycles. The summed E-state index contributed by atoms with van der Waals surface area (Å²) >= 11 is 1.33. The number of ether oxygens (including phenoxy) is 1. The van der Waals surface area contributed by atoms with Crippen molar-refractivity contribution in [1.82, 2.24) is 14.9 Å². The standard InChI is InChI=1S/C21H29N3O3S/c1-5-12-22-19(25)18(6-2)28-21-23-17(14-27-4)16(20(26)24(21)3)13-15-10-8-7-9-11-15/h7-11,18H,5-6,12-14H2,1-4H3,(H,22,25). The van der Waals surface area contributed by atoms with Crippen molar-refractivity contribution < 1.29 is 9.53 Å². The highest BCUT2D eigenvalue weighted by Gasteiger charge is 2.22. The van der Waals surface area contributed by atoms with Crippen LogP contribution in [0.25, 0.3) is 0 Å². The van der Waals surface area contributed by atoms with E-state index in [-0.39, 0.29) is 23.3 Å². The topological polar surface area (TPSA) is 73.2 Å². The summed E-state index contributed by atoms with van der Waals surface area (Å²) in [6, 6.07) is 9.83. The van der Waals surface area contributed by atoms with Crippen molar-refractivity contribution >= 4 is 17.7 Å². The molecule has 0 saturated carbocycles. The summed E-state index contributed by atoms with van der Waals surface area (Å²) in [6.45, 7) is 4.88. The highest BCUT2D eigenvalue weighted by Crippen LogP contribution is 2.24. The van der Waals surface area contributed by atoms with Gasteiger partial charge in [0.1, 0.15) is 0 Å². The Morgan fingerprint density at radius 3 is 2.61 bits per heavy atom. The summed E-state index contributed by atoms with van der Waals surface area (Å²) in [5.41, 5.74) is 2.20. The molecule has 152 valence electrons. The minimum atomic E-state index is -0.292. The molecule has 2 rings (SSSR count). The number of thioether (sulfide) groups is 1. The number of hydrogen-bond acceptors (Lipinski definition) is 5. The normalized spacial score (nSPS) is 12.0. The van der Waals surface area contributed by atoms with Gasteiger partial charge in [-0.3, -0.25) is 14.2 Å². The number of amides is 1. The highest BCUT2D eigenvalue weighted by molar-refractivity contribution is 8.00. The lowest BCUT2D eigenvalue weighted by Crippen LogP contribution is -2.34. The summed E-state index contributed by atoms with van der Waals surface area (Å²) in [6.07, 6.45) is 2.04. The van der Waals surface area contributed by atoms with Crippen molar-refractivity contribution in [2.75, 3.05) is 13.7 Å². The van der Waals surface area contributed by atoms with Gasteiger partial charge in [0.05, 0.1) is 17.6 Å². The third-order valence-electron chi connectivity index (χ3n) is 4.39. The van der Waals surface area contributed by atoms with E-state index in [4.69, 9.17) is 9.72 Å². The van der Waals surface area contributed by atoms with Crippen LogP contribution in [0.5, 0.6) is 0 Å². The summed E-state index contributed by atoms with van der Waals surface area (Å²) in [7, 11) is 3.30. The zero-order chi connectivity index (χ0) is 20.5. The molecule has 1 aromatic carbocycles. The molecule has 0 radical (unpaired) electrons. The number of benzene rings is 1. The highest BCUT2D eigenvalue weighted by atomic mass is 32.2. The van der Waals surface area contributed by atoms with Crippen LogP contribution in [0.1, 0.15) is 43.5 Å². The Kier molecular flexibility index (Phi) is 8.73. The first-order chi connectivity index (χ1) is 13.5. The molecule has 0 bridgehead atoms. The van der Waals surface area contributed by atoms with E-state index in [0.717, 1.165) is 12.0 Å². The Morgan fingerprint density at radius 1 is 1.29 bits per heavy atom. The second-order valence-corrected chi connectivity index (χ2v) is 7.75. The van der Waals surface area contributed by atoms with Gasteiger partial charge in [0.15, 0.2) is 5.16 Å². The Labute approximate surface area is 170 Å². The second-order valence-electron chi connectivity index (χ2n) is 6.58. The zero-order valence-corrected chi connectivity index (χ0v) is 17.8. The van der Waals surface area contributed by atoms with Gasteiger partial charge < -0.3 is 10.1 Å². The lowest BCUT2D eigenvalue weighted by molar-refractivity contribution is -0.120. The summed E-state index contributed by atoms with van der Waals surface area (Å²) in [5, 5.41) is 3.16. The van der Waals surface area contributed by atoms with Crippen LogP contribution in [0.15, 0.2) is 40.3 Å². The maximum Gasteiger partial charge on any atom is 0.257 e. The van der Waals surface area contributed by atoms with Crippen LogP contribution in [-0.4, -0.2) is 34.4 Å². The molecular formula is C21H29N3O3S. The van der Waals surface area contributed by atoms with Crippen LogP contribution >= 0.6 is 11.8 Å². The van der Waals surface area contributed by atoms with E-state index in [1.807, 2.05) is 44.2 Å². The quantitative estimate of drug-likeness (QED) is 0.488. The number of rotatable bonds is 10. The molecule has 0 fully saturated rings. The lowest BCUT2D eigenvalue weighted by atomic mass is 10.0. The second kappa shape index (κ2) is 11.0. The molecule has 28 heavy (non-hydrogen) atoms. The molecule has 1 atom stereocenters. The van der Waals surface area contributed by atoms with Gasteiger partial charge in [0, 0.05) is 32.7 Å². The van der Waals surface area contributed by atoms with Gasteiger partial charge in [0.25, 0.3) is 5.56 Å². The van der Waals surface area contributed by atoms with E-state index in [2.05, 4.69) is 5.32 Å². The molecule has 7 heteroatoms. The van der Waals surface area contributed by atoms with E-state index in [1.54, 1.807) is 14.2 Å². The number of nitrogens with one attached hydrogen (secondary N) is 1. The number of carbonyl (C=O) groups excluding carboxylic acids is 1. The maximum absolute atomic E-state index is 13.1. The van der Waals surface area contributed by atoms with E-state index in [0.29, 0.717) is 35.8 Å². The minimum absolute atomic E-state index is 0.0229. The average Bonchev–Trinajstić information content (AvgIpc) is 2.71. The molecule has 1 unspecified atom stereocenters. The fourth-order valence-corrected chi connectivity index (χ4v) is 3.84. The monoisotopic (exact) mass is 403 g/mol. The minimum Gasteiger partial charge on any atom is -0.378 e. The third-order valence-corrected chi connectivity index (χ3v) is 5.80. The van der Waals surface area contributed by atoms with Crippen LogP contribution in [0, 0.1) is 0 Å². The maximum atomic E-state index is 13.1. The summed E-state index contributed by atoms with van der Waals surface area (Å²) in [4.78, 5) is 30.1. The van der Waals surface area contributed by atoms with E-state index >= 15 is 0 Å². The van der Waals surface area contributed by atoms with Gasteiger partial charge >= 0.3 is 0 Å². The smallest absolute Gasteiger partial charge is 0.257 e. The number of aromatic nitrogens is 2. The largest absolute Gasteiger partial charge is 0.378 e. The summed E-state index contributed by atoms with van der Waals surface area (Å²) < 4.78 is 6.83. The van der Waals surface area contributed by atoms with Crippen LogP contribution in [-0.2, 0) is 29.6 Å². The number of carbonyl (C=O) groups is 1. The van der Waals surface area contributed by atoms with E-state index in [1.165, 1.54) is 16.3 Å². The van der Waals surface area contributed by atoms with Crippen molar-refractivity contribution in [3.8, 4) is 0 Å². The van der Waals surface area contributed by atoms with Crippen LogP contribution in [0.4, 0.5) is 0 Å². The number of methoxy groups -OCH3 is 1. The first kappa shape index (κ1) is 22.2. The molecule has 1 heterocycles. The van der Waals surface area contributed by atoms with Gasteiger partial charge in [-0.15, -0.1) is 0 Å². The first-order valence-corrected chi connectivity index (χ1v) is 10.5. The Morgan fingerprint density at radius 2 is 2.00 bits per heavy atom.